The minimum Gasteiger partial charge on any atom is -0.374 e. The maximum Gasteiger partial charge on any atom is 0.258 e. The lowest BCUT2D eigenvalue weighted by Crippen LogP contribution is -2.26. The van der Waals surface area contributed by atoms with E-state index < -0.39 is 0 Å². The van der Waals surface area contributed by atoms with Gasteiger partial charge in [0.05, 0.1) is 11.6 Å². The van der Waals surface area contributed by atoms with Crippen molar-refractivity contribution in [2.45, 2.75) is 66.3 Å². The Morgan fingerprint density at radius 2 is 2.03 bits per heavy atom. The number of aryl methyl sites for hydroxylation is 2. The molecule has 0 radical (unpaired) electrons. The molecule has 1 heterocycles. The number of benzene rings is 1. The van der Waals surface area contributed by atoms with E-state index in [2.05, 4.69) is 73.1 Å². The summed E-state index contributed by atoms with van der Waals surface area (Å²) in [4.78, 5) is 13.0. The van der Waals surface area contributed by atoms with Crippen LogP contribution in [0.3, 0.4) is 0 Å². The quantitative estimate of drug-likeness (QED) is 0.267. The van der Waals surface area contributed by atoms with Crippen molar-refractivity contribution in [3.05, 3.63) is 81.4 Å². The Morgan fingerprint density at radius 1 is 1.29 bits per heavy atom. The predicted octanol–water partition coefficient (Wildman–Crippen LogP) is 4.87. The summed E-state index contributed by atoms with van der Waals surface area (Å²) < 4.78 is 0. The molecular formula is C28H35N5O. The highest BCUT2D eigenvalue weighted by Crippen LogP contribution is 2.42. The second-order valence-corrected chi connectivity index (χ2v) is 9.12. The molecule has 0 bridgehead atoms. The van der Waals surface area contributed by atoms with Crippen LogP contribution in [-0.4, -0.2) is 17.8 Å². The third kappa shape index (κ3) is 5.31. The predicted molar refractivity (Wildman–Crippen MR) is 137 cm³/mol. The van der Waals surface area contributed by atoms with Crippen molar-refractivity contribution in [3.63, 3.8) is 0 Å². The highest BCUT2D eigenvalue weighted by atomic mass is 16.2. The van der Waals surface area contributed by atoms with Gasteiger partial charge in [-0.2, -0.15) is 5.26 Å². The monoisotopic (exact) mass is 457 g/mol. The standard InChI is InChI=1S/C28H35N5O/c1-7-20-10-9-16(3)22(12-20)23-14-24-25(13-21(23)8-2)33-28(34)27(24)19(6)32-26(30)11-17(4)31-18(5)15-29/h9-14,18,21,23,31H,7-8H2,1-6H3,(H2,30,32)(H,33,34)/b17-11-,27-19-/t18-,21?,23?/m0/s1. The third-order valence-electron chi connectivity index (χ3n) is 6.50. The Labute approximate surface area is 203 Å². The van der Waals surface area contributed by atoms with Crippen LogP contribution in [0, 0.1) is 29.6 Å². The summed E-state index contributed by atoms with van der Waals surface area (Å²) in [6.45, 7) is 11.9. The van der Waals surface area contributed by atoms with E-state index in [-0.39, 0.29) is 23.7 Å². The van der Waals surface area contributed by atoms with Crippen LogP contribution in [0.25, 0.3) is 0 Å². The molecule has 0 aromatic heterocycles. The first-order valence-electron chi connectivity index (χ1n) is 11.9. The molecule has 1 aromatic carbocycles. The number of rotatable bonds is 7. The van der Waals surface area contributed by atoms with E-state index >= 15 is 0 Å². The fourth-order valence-electron chi connectivity index (χ4n) is 4.70. The number of fused-ring (bicyclic) bond motifs is 1. The number of hydrogen-bond donors (Lipinski definition) is 4. The molecule has 6 nitrogen and oxygen atoms in total. The molecule has 1 aliphatic carbocycles. The largest absolute Gasteiger partial charge is 0.374 e. The number of carbonyl (C=O) groups is 1. The molecule has 2 unspecified atom stereocenters. The van der Waals surface area contributed by atoms with Gasteiger partial charge in [-0.15, -0.1) is 0 Å². The van der Waals surface area contributed by atoms with Gasteiger partial charge >= 0.3 is 0 Å². The van der Waals surface area contributed by atoms with Crippen LogP contribution in [0.4, 0.5) is 0 Å². The Kier molecular flexibility index (Phi) is 7.78. The molecule has 1 amide bonds. The van der Waals surface area contributed by atoms with Crippen LogP contribution in [0.2, 0.25) is 0 Å². The molecule has 3 rings (SSSR count). The molecule has 34 heavy (non-hydrogen) atoms. The van der Waals surface area contributed by atoms with E-state index in [4.69, 9.17) is 10.7 Å². The Hall–Kier alpha value is -3.59. The lowest BCUT2D eigenvalue weighted by atomic mass is 9.76. The summed E-state index contributed by atoms with van der Waals surface area (Å²) in [7, 11) is 0. The first-order valence-corrected chi connectivity index (χ1v) is 11.9. The highest BCUT2D eigenvalue weighted by Gasteiger charge is 2.35. The third-order valence-corrected chi connectivity index (χ3v) is 6.50. The molecule has 1 fully saturated rings. The highest BCUT2D eigenvalue weighted by molar-refractivity contribution is 6.06. The number of amides is 1. The molecular weight excluding hydrogens is 422 g/mol. The van der Waals surface area contributed by atoms with E-state index in [9.17, 15) is 4.79 Å². The summed E-state index contributed by atoms with van der Waals surface area (Å²) in [5, 5.41) is 26.4. The second kappa shape index (κ2) is 10.6. The van der Waals surface area contributed by atoms with Gasteiger partial charge in [-0.3, -0.25) is 10.2 Å². The van der Waals surface area contributed by atoms with Crippen LogP contribution < -0.4 is 16.0 Å². The van der Waals surface area contributed by atoms with Crippen molar-refractivity contribution in [1.29, 1.82) is 10.7 Å². The molecule has 1 aliphatic heterocycles. The van der Waals surface area contributed by atoms with Crippen LogP contribution in [0.1, 0.15) is 63.6 Å². The minimum atomic E-state index is -0.345. The van der Waals surface area contributed by atoms with E-state index in [0.29, 0.717) is 22.9 Å². The summed E-state index contributed by atoms with van der Waals surface area (Å²) in [6, 6.07) is 8.44. The van der Waals surface area contributed by atoms with Gasteiger partial charge in [-0.1, -0.05) is 44.2 Å². The lowest BCUT2D eigenvalue weighted by Gasteiger charge is -2.28. The second-order valence-electron chi connectivity index (χ2n) is 9.12. The van der Waals surface area contributed by atoms with Crippen molar-refractivity contribution in [3.8, 4) is 6.07 Å². The fraction of sp³-hybridized carbons (Fsp3) is 0.393. The number of allylic oxidation sites excluding steroid dienone is 5. The summed E-state index contributed by atoms with van der Waals surface area (Å²) >= 11 is 0. The smallest absolute Gasteiger partial charge is 0.258 e. The molecule has 178 valence electrons. The number of carbonyl (C=O) groups excluding carboxylic acids is 1. The van der Waals surface area contributed by atoms with E-state index in [1.54, 1.807) is 13.0 Å². The Bertz CT molecular complexity index is 1160. The van der Waals surface area contributed by atoms with Gasteiger partial charge in [-0.25, -0.2) is 0 Å². The van der Waals surface area contributed by atoms with Crippen LogP contribution in [-0.2, 0) is 11.2 Å². The summed E-state index contributed by atoms with van der Waals surface area (Å²) in [5.74, 6) is 0.483. The van der Waals surface area contributed by atoms with Gasteiger partial charge in [0.15, 0.2) is 0 Å². The normalized spacial score (nSPS) is 22.0. The van der Waals surface area contributed by atoms with Crippen molar-refractivity contribution < 1.29 is 4.79 Å². The van der Waals surface area contributed by atoms with Crippen molar-refractivity contribution in [2.24, 2.45) is 5.92 Å². The van der Waals surface area contributed by atoms with E-state index in [1.165, 1.54) is 16.7 Å². The molecule has 0 saturated carbocycles. The summed E-state index contributed by atoms with van der Waals surface area (Å²) in [6.07, 6.45) is 8.00. The number of nitrogens with one attached hydrogen (secondary N) is 4. The van der Waals surface area contributed by atoms with Gasteiger partial charge in [0.25, 0.3) is 5.91 Å². The van der Waals surface area contributed by atoms with Gasteiger partial charge in [0.2, 0.25) is 0 Å². The summed E-state index contributed by atoms with van der Waals surface area (Å²) in [5.41, 5.74) is 7.54. The van der Waals surface area contributed by atoms with E-state index in [1.807, 2.05) is 13.8 Å². The lowest BCUT2D eigenvalue weighted by molar-refractivity contribution is -0.115. The van der Waals surface area contributed by atoms with Gasteiger partial charge < -0.3 is 16.0 Å². The fourth-order valence-corrected chi connectivity index (χ4v) is 4.70. The van der Waals surface area contributed by atoms with Crippen molar-refractivity contribution in [2.75, 3.05) is 0 Å². The van der Waals surface area contributed by atoms with Crippen LogP contribution >= 0.6 is 0 Å². The van der Waals surface area contributed by atoms with Gasteiger partial charge in [0.1, 0.15) is 11.9 Å². The Balaban J connectivity index is 1.96. The molecule has 1 aromatic rings. The zero-order valence-corrected chi connectivity index (χ0v) is 21.0. The topological polar surface area (TPSA) is 101 Å². The number of amidine groups is 1. The van der Waals surface area contributed by atoms with Gasteiger partial charge in [0, 0.05) is 28.6 Å². The minimum absolute atomic E-state index is 0.149. The number of hydrogen-bond acceptors (Lipinski definition) is 4. The van der Waals surface area contributed by atoms with Crippen molar-refractivity contribution in [1.82, 2.24) is 16.0 Å². The zero-order valence-electron chi connectivity index (χ0n) is 21.0. The van der Waals surface area contributed by atoms with Gasteiger partial charge in [-0.05, 0) is 69.2 Å². The molecule has 4 N–H and O–H groups in total. The molecule has 0 spiro atoms. The first-order chi connectivity index (χ1) is 16.2. The number of nitriles is 1. The van der Waals surface area contributed by atoms with Crippen LogP contribution in [0.5, 0.6) is 0 Å². The van der Waals surface area contributed by atoms with E-state index in [0.717, 1.165) is 24.1 Å². The SMILES string of the molecule is CCc1ccc(C)c(C2C=C3C(=CC2CC)NC(=O)/C3=C(/C)NC(=N)/C=C(/C)N[C@@H](C)C#N)c1. The molecule has 6 heteroatoms. The molecule has 2 aliphatic rings. The molecule has 3 atom stereocenters. The maximum atomic E-state index is 13.0. The Morgan fingerprint density at radius 3 is 2.68 bits per heavy atom. The number of nitrogens with zero attached hydrogens (tertiary/aromatic N) is 1. The average molecular weight is 458 g/mol. The molecule has 1 saturated heterocycles. The zero-order chi connectivity index (χ0) is 25.0. The van der Waals surface area contributed by atoms with Crippen LogP contribution in [0.15, 0.2) is 64.7 Å². The first kappa shape index (κ1) is 25.0. The average Bonchev–Trinajstić information content (AvgIpc) is 3.12. The maximum absolute atomic E-state index is 13.0. The van der Waals surface area contributed by atoms with Crippen molar-refractivity contribution >= 4 is 11.7 Å².